The highest BCUT2D eigenvalue weighted by Gasteiger charge is 2.34. The minimum absolute atomic E-state index is 0.288. The predicted octanol–water partition coefficient (Wildman–Crippen LogP) is 2.32. The number of aromatic nitrogens is 2. The number of hydrogen-bond donors (Lipinski definition) is 1. The second-order valence-electron chi connectivity index (χ2n) is 4.38. The molecule has 2 rings (SSSR count). The van der Waals surface area contributed by atoms with Crippen LogP contribution >= 0.6 is 0 Å². The van der Waals surface area contributed by atoms with E-state index >= 15 is 0 Å². The van der Waals surface area contributed by atoms with E-state index in [1.807, 2.05) is 6.07 Å². The Labute approximate surface area is 96.4 Å². The Bertz CT molecular complexity index is 348. The summed E-state index contributed by atoms with van der Waals surface area (Å²) in [5.74, 6) is 1.69. The zero-order chi connectivity index (χ0) is 11.4. The van der Waals surface area contributed by atoms with Gasteiger partial charge in [0.2, 0.25) is 0 Å². The summed E-state index contributed by atoms with van der Waals surface area (Å²) in [5.41, 5.74) is -0.288. The fraction of sp³-hybridized carbons (Fsp3) is 0.667. The average Bonchev–Trinajstić information content (AvgIpc) is 2.75. The van der Waals surface area contributed by atoms with E-state index in [4.69, 9.17) is 4.74 Å². The molecule has 0 spiro atoms. The third kappa shape index (κ3) is 2.32. The van der Waals surface area contributed by atoms with Gasteiger partial charge in [-0.2, -0.15) is 0 Å². The lowest BCUT2D eigenvalue weighted by Gasteiger charge is -2.21. The van der Waals surface area contributed by atoms with Gasteiger partial charge in [0, 0.05) is 19.3 Å². The molecular weight excluding hydrogens is 202 g/mol. The topological polar surface area (TPSA) is 47.0 Å². The summed E-state index contributed by atoms with van der Waals surface area (Å²) in [6.07, 6.45) is 4.98. The van der Waals surface area contributed by atoms with Crippen molar-refractivity contribution in [2.75, 3.05) is 18.5 Å². The van der Waals surface area contributed by atoms with Crippen LogP contribution in [-0.4, -0.2) is 23.1 Å². The molecule has 1 N–H and O–H groups in total. The lowest BCUT2D eigenvalue weighted by atomic mass is 10.0. The van der Waals surface area contributed by atoms with Crippen molar-refractivity contribution >= 4 is 5.82 Å². The first-order valence-electron chi connectivity index (χ1n) is 5.96. The summed E-state index contributed by atoms with van der Waals surface area (Å²) in [7, 11) is 0. The Kier molecular flexibility index (Phi) is 3.39. The molecule has 4 nitrogen and oxygen atoms in total. The maximum absolute atomic E-state index is 5.73. The van der Waals surface area contributed by atoms with Crippen molar-refractivity contribution in [3.05, 3.63) is 18.1 Å². The first kappa shape index (κ1) is 11.3. The van der Waals surface area contributed by atoms with E-state index < -0.39 is 0 Å². The van der Waals surface area contributed by atoms with Crippen LogP contribution in [-0.2, 0) is 10.3 Å². The highest BCUT2D eigenvalue weighted by molar-refractivity contribution is 5.33. The van der Waals surface area contributed by atoms with E-state index in [-0.39, 0.29) is 5.60 Å². The molecule has 1 saturated heterocycles. The maximum Gasteiger partial charge on any atom is 0.162 e. The van der Waals surface area contributed by atoms with Gasteiger partial charge in [-0.05, 0) is 32.3 Å². The summed E-state index contributed by atoms with van der Waals surface area (Å²) in [6, 6.07) is 1.90. The van der Waals surface area contributed by atoms with Crippen LogP contribution in [0.4, 0.5) is 5.82 Å². The molecule has 1 aromatic heterocycles. The number of hydrogen-bond acceptors (Lipinski definition) is 4. The Morgan fingerprint density at radius 1 is 1.56 bits per heavy atom. The van der Waals surface area contributed by atoms with Crippen molar-refractivity contribution in [1.82, 2.24) is 9.97 Å². The summed E-state index contributed by atoms with van der Waals surface area (Å²) < 4.78 is 5.73. The minimum atomic E-state index is -0.288. The van der Waals surface area contributed by atoms with Crippen LogP contribution in [0.2, 0.25) is 0 Å². The molecule has 4 heteroatoms. The van der Waals surface area contributed by atoms with E-state index in [1.165, 1.54) is 0 Å². The highest BCUT2D eigenvalue weighted by atomic mass is 16.5. The van der Waals surface area contributed by atoms with Gasteiger partial charge in [0.15, 0.2) is 5.82 Å². The van der Waals surface area contributed by atoms with E-state index in [0.29, 0.717) is 0 Å². The monoisotopic (exact) mass is 221 g/mol. The second-order valence-corrected chi connectivity index (χ2v) is 4.38. The molecule has 88 valence electrons. The van der Waals surface area contributed by atoms with Crippen LogP contribution in [0, 0.1) is 0 Å². The summed E-state index contributed by atoms with van der Waals surface area (Å²) in [5, 5.41) is 3.27. The van der Waals surface area contributed by atoms with Gasteiger partial charge >= 0.3 is 0 Å². The molecule has 1 aromatic rings. The first-order chi connectivity index (χ1) is 7.74. The number of nitrogens with zero attached hydrogens (tertiary/aromatic N) is 2. The molecule has 1 unspecified atom stereocenters. The third-order valence-electron chi connectivity index (χ3n) is 2.90. The molecular formula is C12H19N3O. The maximum atomic E-state index is 5.73. The third-order valence-corrected chi connectivity index (χ3v) is 2.90. The molecule has 1 aliphatic rings. The molecule has 1 aliphatic heterocycles. The zero-order valence-electron chi connectivity index (χ0n) is 9.99. The Hall–Kier alpha value is -1.16. The lowest BCUT2D eigenvalue weighted by Crippen LogP contribution is -2.23. The van der Waals surface area contributed by atoms with Crippen LogP contribution in [0.1, 0.15) is 38.9 Å². The molecule has 0 saturated carbocycles. The van der Waals surface area contributed by atoms with Gasteiger partial charge in [-0.3, -0.25) is 0 Å². The molecule has 0 bridgehead atoms. The standard InChI is InChI=1S/C12H19N3O/c1-3-7-13-10-5-8-14-11(15-10)12(2)6-4-9-16-12/h5,8H,3-4,6-7,9H2,1-2H3,(H,13,14,15). The van der Waals surface area contributed by atoms with Gasteiger partial charge in [-0.15, -0.1) is 0 Å². The van der Waals surface area contributed by atoms with Crippen molar-refractivity contribution in [3.8, 4) is 0 Å². The zero-order valence-corrected chi connectivity index (χ0v) is 9.99. The Morgan fingerprint density at radius 3 is 3.12 bits per heavy atom. The van der Waals surface area contributed by atoms with Crippen LogP contribution in [0.25, 0.3) is 0 Å². The normalized spacial score (nSPS) is 24.6. The van der Waals surface area contributed by atoms with Crippen LogP contribution in [0.5, 0.6) is 0 Å². The lowest BCUT2D eigenvalue weighted by molar-refractivity contribution is 0.00943. The van der Waals surface area contributed by atoms with Crippen molar-refractivity contribution < 1.29 is 4.74 Å². The summed E-state index contributed by atoms with van der Waals surface area (Å²) in [6.45, 7) is 5.95. The fourth-order valence-corrected chi connectivity index (χ4v) is 1.92. The van der Waals surface area contributed by atoms with Gasteiger partial charge < -0.3 is 10.1 Å². The van der Waals surface area contributed by atoms with Crippen LogP contribution in [0.15, 0.2) is 12.3 Å². The molecule has 1 fully saturated rings. The first-order valence-corrected chi connectivity index (χ1v) is 5.96. The van der Waals surface area contributed by atoms with Gasteiger partial charge in [-0.25, -0.2) is 9.97 Å². The van der Waals surface area contributed by atoms with Crippen molar-refractivity contribution in [2.45, 2.75) is 38.7 Å². The van der Waals surface area contributed by atoms with Crippen molar-refractivity contribution in [3.63, 3.8) is 0 Å². The van der Waals surface area contributed by atoms with E-state index in [9.17, 15) is 0 Å². The van der Waals surface area contributed by atoms with Crippen molar-refractivity contribution in [1.29, 1.82) is 0 Å². The van der Waals surface area contributed by atoms with Gasteiger partial charge in [0.25, 0.3) is 0 Å². The largest absolute Gasteiger partial charge is 0.370 e. The number of ether oxygens (including phenoxy) is 1. The molecule has 1 atom stereocenters. The van der Waals surface area contributed by atoms with Crippen LogP contribution < -0.4 is 5.32 Å². The van der Waals surface area contributed by atoms with E-state index in [2.05, 4.69) is 29.1 Å². The summed E-state index contributed by atoms with van der Waals surface area (Å²) >= 11 is 0. The smallest absolute Gasteiger partial charge is 0.162 e. The molecule has 16 heavy (non-hydrogen) atoms. The van der Waals surface area contributed by atoms with Crippen LogP contribution in [0.3, 0.4) is 0 Å². The van der Waals surface area contributed by atoms with Gasteiger partial charge in [0.1, 0.15) is 11.4 Å². The number of anilines is 1. The van der Waals surface area contributed by atoms with E-state index in [1.54, 1.807) is 6.20 Å². The second kappa shape index (κ2) is 4.78. The summed E-state index contributed by atoms with van der Waals surface area (Å²) in [4.78, 5) is 8.84. The highest BCUT2D eigenvalue weighted by Crippen LogP contribution is 2.33. The van der Waals surface area contributed by atoms with Crippen molar-refractivity contribution in [2.24, 2.45) is 0 Å². The predicted molar refractivity (Wildman–Crippen MR) is 63.4 cm³/mol. The Balaban J connectivity index is 2.15. The quantitative estimate of drug-likeness (QED) is 0.847. The SMILES string of the molecule is CCCNc1ccnc(C2(C)CCCO2)n1. The van der Waals surface area contributed by atoms with E-state index in [0.717, 1.165) is 44.1 Å². The average molecular weight is 221 g/mol. The fourth-order valence-electron chi connectivity index (χ4n) is 1.92. The minimum Gasteiger partial charge on any atom is -0.370 e. The molecule has 0 aliphatic carbocycles. The Morgan fingerprint density at radius 2 is 2.44 bits per heavy atom. The molecule has 0 aromatic carbocycles. The molecule has 0 amide bonds. The number of rotatable bonds is 4. The van der Waals surface area contributed by atoms with Gasteiger partial charge in [-0.1, -0.05) is 6.92 Å². The molecule has 2 heterocycles. The van der Waals surface area contributed by atoms with Gasteiger partial charge in [0.05, 0.1) is 0 Å². The molecule has 0 radical (unpaired) electrons. The number of nitrogens with one attached hydrogen (secondary N) is 1.